The van der Waals surface area contributed by atoms with E-state index in [2.05, 4.69) is 32.0 Å². The van der Waals surface area contributed by atoms with E-state index >= 15 is 0 Å². The molecule has 7 heteroatoms. The van der Waals surface area contributed by atoms with Crippen molar-refractivity contribution in [2.45, 2.75) is 39.2 Å². The molecule has 7 nitrogen and oxygen atoms in total. The molecule has 1 aromatic heterocycles. The molecule has 3 aliphatic rings. The summed E-state index contributed by atoms with van der Waals surface area (Å²) in [6, 6.07) is 0. The van der Waals surface area contributed by atoms with Crippen LogP contribution in [0, 0.1) is 19.3 Å². The van der Waals surface area contributed by atoms with Crippen molar-refractivity contribution in [2.75, 3.05) is 50.7 Å². The molecule has 26 heavy (non-hydrogen) atoms. The Morgan fingerprint density at radius 1 is 1.19 bits per heavy atom. The Morgan fingerprint density at radius 3 is 2.65 bits per heavy atom. The van der Waals surface area contributed by atoms with E-state index in [0.29, 0.717) is 0 Å². The Kier molecular flexibility index (Phi) is 4.84. The fourth-order valence-electron chi connectivity index (χ4n) is 4.53. The molecule has 0 saturated carbocycles. The van der Waals surface area contributed by atoms with E-state index in [9.17, 15) is 4.79 Å². The SMILES string of the molecule is Cc1ncnc(N2CCN(CC3CC4(CCNCC4)C(=O)O3)CC2)c1C. The second-order valence-corrected chi connectivity index (χ2v) is 7.96. The van der Waals surface area contributed by atoms with Gasteiger partial charge in [0.25, 0.3) is 0 Å². The van der Waals surface area contributed by atoms with Gasteiger partial charge in [0.05, 0.1) is 5.41 Å². The average molecular weight is 359 g/mol. The predicted molar refractivity (Wildman–Crippen MR) is 99.2 cm³/mol. The van der Waals surface area contributed by atoms with E-state index in [-0.39, 0.29) is 17.5 Å². The monoisotopic (exact) mass is 359 g/mol. The van der Waals surface area contributed by atoms with Crippen LogP contribution < -0.4 is 10.2 Å². The number of piperidine rings is 1. The third kappa shape index (κ3) is 3.30. The first-order chi connectivity index (χ1) is 12.6. The molecule has 3 aliphatic heterocycles. The smallest absolute Gasteiger partial charge is 0.312 e. The molecule has 1 N–H and O–H groups in total. The van der Waals surface area contributed by atoms with Crippen LogP contribution in [0.25, 0.3) is 0 Å². The van der Waals surface area contributed by atoms with E-state index in [4.69, 9.17) is 4.74 Å². The van der Waals surface area contributed by atoms with Crippen molar-refractivity contribution in [3.63, 3.8) is 0 Å². The lowest BCUT2D eigenvalue weighted by Gasteiger charge is -2.37. The number of hydrogen-bond acceptors (Lipinski definition) is 7. The quantitative estimate of drug-likeness (QED) is 0.804. The molecule has 4 heterocycles. The Bertz CT molecular complexity index is 666. The van der Waals surface area contributed by atoms with E-state index in [1.807, 2.05) is 6.92 Å². The molecule has 1 unspecified atom stereocenters. The molecule has 0 amide bonds. The molecule has 1 atom stereocenters. The van der Waals surface area contributed by atoms with Gasteiger partial charge in [-0.15, -0.1) is 0 Å². The number of piperazine rings is 1. The Morgan fingerprint density at radius 2 is 1.92 bits per heavy atom. The molecular formula is C19H29N5O2. The summed E-state index contributed by atoms with van der Waals surface area (Å²) in [5, 5.41) is 3.35. The lowest BCUT2D eigenvalue weighted by molar-refractivity contribution is -0.150. The molecule has 0 aliphatic carbocycles. The largest absolute Gasteiger partial charge is 0.461 e. The van der Waals surface area contributed by atoms with Gasteiger partial charge < -0.3 is 15.0 Å². The zero-order valence-corrected chi connectivity index (χ0v) is 15.8. The van der Waals surface area contributed by atoms with Gasteiger partial charge in [-0.1, -0.05) is 0 Å². The van der Waals surface area contributed by atoms with Crippen LogP contribution in [0.4, 0.5) is 5.82 Å². The molecular weight excluding hydrogens is 330 g/mol. The number of rotatable bonds is 3. The summed E-state index contributed by atoms with van der Waals surface area (Å²) < 4.78 is 5.76. The van der Waals surface area contributed by atoms with Crippen LogP contribution in [0.5, 0.6) is 0 Å². The first kappa shape index (κ1) is 17.7. The molecule has 1 aromatic rings. The maximum Gasteiger partial charge on any atom is 0.312 e. The second kappa shape index (κ2) is 7.12. The zero-order chi connectivity index (χ0) is 18.1. The minimum atomic E-state index is -0.215. The van der Waals surface area contributed by atoms with E-state index in [0.717, 1.165) is 76.6 Å². The summed E-state index contributed by atoms with van der Waals surface area (Å²) in [5.74, 6) is 1.09. The van der Waals surface area contributed by atoms with Crippen molar-refractivity contribution >= 4 is 11.8 Å². The predicted octanol–water partition coefficient (Wildman–Crippen LogP) is 0.901. The first-order valence-electron chi connectivity index (χ1n) is 9.75. The number of anilines is 1. The number of aryl methyl sites for hydroxylation is 1. The minimum absolute atomic E-state index is 0.0368. The number of carbonyl (C=O) groups is 1. The highest BCUT2D eigenvalue weighted by atomic mass is 16.6. The van der Waals surface area contributed by atoms with Crippen molar-refractivity contribution in [3.8, 4) is 0 Å². The van der Waals surface area contributed by atoms with E-state index < -0.39 is 0 Å². The molecule has 0 radical (unpaired) electrons. The fourth-order valence-corrected chi connectivity index (χ4v) is 4.53. The van der Waals surface area contributed by atoms with Crippen LogP contribution in [0.3, 0.4) is 0 Å². The maximum atomic E-state index is 12.4. The maximum absolute atomic E-state index is 12.4. The van der Waals surface area contributed by atoms with Gasteiger partial charge in [0.15, 0.2) is 0 Å². The van der Waals surface area contributed by atoms with Crippen molar-refractivity contribution < 1.29 is 9.53 Å². The lowest BCUT2D eigenvalue weighted by atomic mass is 9.76. The van der Waals surface area contributed by atoms with Gasteiger partial charge >= 0.3 is 5.97 Å². The van der Waals surface area contributed by atoms with Crippen LogP contribution in [-0.2, 0) is 9.53 Å². The van der Waals surface area contributed by atoms with E-state index in [1.54, 1.807) is 6.33 Å². The molecule has 0 aromatic carbocycles. The third-order valence-corrected chi connectivity index (χ3v) is 6.33. The lowest BCUT2D eigenvalue weighted by Crippen LogP contribution is -2.49. The number of esters is 1. The number of cyclic esters (lactones) is 1. The van der Waals surface area contributed by atoms with Crippen LogP contribution in [-0.4, -0.2) is 72.8 Å². The Hall–Kier alpha value is -1.73. The van der Waals surface area contributed by atoms with E-state index in [1.165, 1.54) is 5.56 Å². The Labute approximate surface area is 155 Å². The van der Waals surface area contributed by atoms with Gasteiger partial charge in [0.2, 0.25) is 0 Å². The first-order valence-corrected chi connectivity index (χ1v) is 9.75. The Balaban J connectivity index is 1.32. The van der Waals surface area contributed by atoms with Gasteiger partial charge in [0.1, 0.15) is 18.2 Å². The number of carbonyl (C=O) groups excluding carboxylic acids is 1. The van der Waals surface area contributed by atoms with Crippen molar-refractivity contribution in [3.05, 3.63) is 17.6 Å². The summed E-state index contributed by atoms with van der Waals surface area (Å²) in [5.41, 5.74) is 1.99. The van der Waals surface area contributed by atoms with Crippen LogP contribution in [0.15, 0.2) is 6.33 Å². The molecule has 3 fully saturated rings. The highest BCUT2D eigenvalue weighted by molar-refractivity contribution is 5.79. The topological polar surface area (TPSA) is 70.6 Å². The van der Waals surface area contributed by atoms with Crippen molar-refractivity contribution in [1.82, 2.24) is 20.2 Å². The highest BCUT2D eigenvalue weighted by Gasteiger charge is 2.49. The average Bonchev–Trinajstić information content (AvgIpc) is 2.93. The summed E-state index contributed by atoms with van der Waals surface area (Å²) >= 11 is 0. The van der Waals surface area contributed by atoms with Crippen LogP contribution in [0.2, 0.25) is 0 Å². The fraction of sp³-hybridized carbons (Fsp3) is 0.737. The number of nitrogens with zero attached hydrogens (tertiary/aromatic N) is 4. The van der Waals surface area contributed by atoms with Gasteiger partial charge in [-0.25, -0.2) is 9.97 Å². The standard InChI is InChI=1S/C19H29N5O2/c1-14-15(2)21-13-22-17(14)24-9-7-23(8-10-24)12-16-11-19(18(25)26-16)3-5-20-6-4-19/h13,16,20H,3-12H2,1-2H3. The van der Waals surface area contributed by atoms with Crippen molar-refractivity contribution in [2.24, 2.45) is 5.41 Å². The number of hydrogen-bond donors (Lipinski definition) is 1. The molecule has 142 valence electrons. The zero-order valence-electron chi connectivity index (χ0n) is 15.8. The minimum Gasteiger partial charge on any atom is -0.461 e. The van der Waals surface area contributed by atoms with Crippen molar-refractivity contribution in [1.29, 1.82) is 0 Å². The molecule has 0 bridgehead atoms. The summed E-state index contributed by atoms with van der Waals surface area (Å²) in [4.78, 5) is 25.9. The summed E-state index contributed by atoms with van der Waals surface area (Å²) in [6.45, 7) is 10.7. The molecule has 1 spiro atoms. The molecule has 4 rings (SSSR count). The second-order valence-electron chi connectivity index (χ2n) is 7.96. The number of nitrogens with one attached hydrogen (secondary N) is 1. The van der Waals surface area contributed by atoms with Crippen LogP contribution >= 0.6 is 0 Å². The summed E-state index contributed by atoms with van der Waals surface area (Å²) in [7, 11) is 0. The van der Waals surface area contributed by atoms with Gasteiger partial charge in [-0.3, -0.25) is 9.69 Å². The van der Waals surface area contributed by atoms with Gasteiger partial charge in [0, 0.05) is 50.4 Å². The summed E-state index contributed by atoms with van der Waals surface area (Å²) in [6.07, 6.45) is 4.43. The third-order valence-electron chi connectivity index (χ3n) is 6.33. The molecule has 3 saturated heterocycles. The van der Waals surface area contributed by atoms with Crippen LogP contribution in [0.1, 0.15) is 30.5 Å². The van der Waals surface area contributed by atoms with Gasteiger partial charge in [-0.2, -0.15) is 0 Å². The highest BCUT2D eigenvalue weighted by Crippen LogP contribution is 2.41. The normalized spacial score (nSPS) is 26.3. The van der Waals surface area contributed by atoms with Gasteiger partial charge in [-0.05, 0) is 39.8 Å². The number of ether oxygens (including phenoxy) is 1. The number of aromatic nitrogens is 2.